The highest BCUT2D eigenvalue weighted by Crippen LogP contribution is 2.67. The molecule has 4 aliphatic rings. The normalized spacial score (nSPS) is 31.9. The van der Waals surface area contributed by atoms with Crippen molar-refractivity contribution in [2.75, 3.05) is 6.61 Å². The molecule has 2 saturated carbocycles. The number of amides is 1. The van der Waals surface area contributed by atoms with Gasteiger partial charge in [0.2, 0.25) is 0 Å². The van der Waals surface area contributed by atoms with Gasteiger partial charge >= 0.3 is 23.9 Å². The summed E-state index contributed by atoms with van der Waals surface area (Å²) < 4.78 is 31.0. The number of ether oxygens (including phenoxy) is 5. The van der Waals surface area contributed by atoms with Crippen molar-refractivity contribution in [2.24, 2.45) is 22.2 Å². The smallest absolute Gasteiger partial charge is 0.338 e. The van der Waals surface area contributed by atoms with Crippen LogP contribution in [0.25, 0.3) is 0 Å². The van der Waals surface area contributed by atoms with Gasteiger partial charge in [-0.05, 0) is 66.7 Å². The number of nitrogens with one attached hydrogen (secondary N) is 1. The Kier molecular flexibility index (Phi) is 11.8. The number of aliphatic hydroxyl groups excluding tert-OH is 2. The van der Waals surface area contributed by atoms with Crippen LogP contribution in [0.4, 0.5) is 0 Å². The van der Waals surface area contributed by atoms with E-state index in [0.29, 0.717) is 16.7 Å². The summed E-state index contributed by atoms with van der Waals surface area (Å²) in [5, 5.41) is 26.7. The summed E-state index contributed by atoms with van der Waals surface area (Å²) in [6.07, 6.45) is -8.83. The zero-order chi connectivity index (χ0) is 44.9. The zero-order valence-corrected chi connectivity index (χ0v) is 35.8. The average molecular weight is 852 g/mol. The largest absolute Gasteiger partial charge is 0.458 e. The van der Waals surface area contributed by atoms with Crippen molar-refractivity contribution < 1.29 is 62.7 Å². The summed E-state index contributed by atoms with van der Waals surface area (Å²) in [6.45, 7) is 10.7. The number of aliphatic hydroxyl groups is 2. The van der Waals surface area contributed by atoms with Crippen LogP contribution in [0.2, 0.25) is 0 Å². The summed E-state index contributed by atoms with van der Waals surface area (Å²) in [7, 11) is 0. The molecule has 0 spiro atoms. The molecule has 7 rings (SSSR count). The zero-order valence-electron chi connectivity index (χ0n) is 35.8. The van der Waals surface area contributed by atoms with Crippen molar-refractivity contribution in [3.63, 3.8) is 0 Å². The molecule has 14 heteroatoms. The molecule has 3 N–H and O–H groups in total. The van der Waals surface area contributed by atoms with E-state index < -0.39 is 106 Å². The van der Waals surface area contributed by atoms with Crippen LogP contribution in [0.5, 0.6) is 0 Å². The molecule has 11 atom stereocenters. The van der Waals surface area contributed by atoms with E-state index >= 15 is 4.79 Å². The lowest BCUT2D eigenvalue weighted by Crippen LogP contribution is -2.80. The van der Waals surface area contributed by atoms with E-state index in [0.717, 1.165) is 6.92 Å². The van der Waals surface area contributed by atoms with Gasteiger partial charge in [-0.1, -0.05) is 87.5 Å². The third-order valence-electron chi connectivity index (χ3n) is 14.1. The molecule has 62 heavy (non-hydrogen) atoms. The van der Waals surface area contributed by atoms with E-state index in [1.165, 1.54) is 13.8 Å². The highest BCUT2D eigenvalue weighted by atomic mass is 16.6. The Bertz CT molecular complexity index is 2280. The first-order valence-electron chi connectivity index (χ1n) is 20.7. The Morgan fingerprint density at radius 3 is 1.94 bits per heavy atom. The molecule has 3 aromatic rings. The second-order valence-electron chi connectivity index (χ2n) is 17.8. The molecule has 3 aliphatic carbocycles. The van der Waals surface area contributed by atoms with E-state index in [4.69, 9.17) is 23.7 Å². The summed E-state index contributed by atoms with van der Waals surface area (Å²) >= 11 is 0. The van der Waals surface area contributed by atoms with Crippen molar-refractivity contribution in [2.45, 2.75) is 110 Å². The van der Waals surface area contributed by atoms with Gasteiger partial charge in [0.15, 0.2) is 23.6 Å². The first kappa shape index (κ1) is 44.4. The van der Waals surface area contributed by atoms with Crippen LogP contribution in [-0.2, 0) is 42.9 Å². The van der Waals surface area contributed by atoms with Gasteiger partial charge in [-0.3, -0.25) is 19.2 Å². The summed E-state index contributed by atoms with van der Waals surface area (Å²) in [5.41, 5.74) is -4.65. The van der Waals surface area contributed by atoms with Crippen molar-refractivity contribution in [3.05, 3.63) is 119 Å². The molecule has 0 aromatic heterocycles. The fraction of sp³-hybridized carbons (Fsp3) is 0.458. The third-order valence-corrected chi connectivity index (χ3v) is 14.1. The maximum absolute atomic E-state index is 15.6. The Morgan fingerprint density at radius 2 is 1.39 bits per heavy atom. The number of hydrogen-bond donors (Lipinski definition) is 3. The highest BCUT2D eigenvalue weighted by Gasteiger charge is 2.77. The number of ketones is 1. The van der Waals surface area contributed by atoms with Crippen LogP contribution in [0.3, 0.4) is 0 Å². The van der Waals surface area contributed by atoms with E-state index in [1.807, 2.05) is 13.8 Å². The summed E-state index contributed by atoms with van der Waals surface area (Å²) in [4.78, 5) is 83.9. The molecule has 1 heterocycles. The number of rotatable bonds is 10. The number of esters is 4. The molecule has 1 amide bonds. The van der Waals surface area contributed by atoms with Gasteiger partial charge in [0.1, 0.15) is 18.3 Å². The lowest BCUT2D eigenvalue weighted by Gasteiger charge is -2.68. The van der Waals surface area contributed by atoms with E-state index in [-0.39, 0.29) is 30.6 Å². The minimum Gasteiger partial charge on any atom is -0.458 e. The van der Waals surface area contributed by atoms with Gasteiger partial charge in [0.25, 0.3) is 5.91 Å². The van der Waals surface area contributed by atoms with E-state index in [1.54, 1.807) is 105 Å². The average Bonchev–Trinajstić information content (AvgIpc) is 3.24. The van der Waals surface area contributed by atoms with Gasteiger partial charge in [0, 0.05) is 31.2 Å². The Hall–Kier alpha value is -5.70. The predicted molar refractivity (Wildman–Crippen MR) is 221 cm³/mol. The van der Waals surface area contributed by atoms with Crippen molar-refractivity contribution in [3.8, 4) is 0 Å². The quantitative estimate of drug-likeness (QED) is 0.140. The summed E-state index contributed by atoms with van der Waals surface area (Å²) in [6, 6.07) is 23.6. The Morgan fingerprint density at radius 1 is 0.806 bits per heavy atom. The number of hydrogen-bond acceptors (Lipinski definition) is 13. The first-order chi connectivity index (χ1) is 29.3. The number of carbonyl (C=O) groups excluding carboxylic acids is 6. The second kappa shape index (κ2) is 16.5. The predicted octanol–water partition coefficient (Wildman–Crippen LogP) is 5.01. The van der Waals surface area contributed by atoms with Crippen molar-refractivity contribution in [1.82, 2.24) is 5.32 Å². The Labute approximate surface area is 359 Å². The van der Waals surface area contributed by atoms with Crippen LogP contribution >= 0.6 is 0 Å². The lowest BCUT2D eigenvalue weighted by atomic mass is 9.42. The molecule has 1 saturated heterocycles. The summed E-state index contributed by atoms with van der Waals surface area (Å²) in [5.74, 6) is -6.01. The number of carbonyl (C=O) groups is 6. The van der Waals surface area contributed by atoms with Gasteiger partial charge in [-0.2, -0.15) is 0 Å². The molecular weight excluding hydrogens is 799 g/mol. The van der Waals surface area contributed by atoms with E-state index in [9.17, 15) is 34.2 Å². The Balaban J connectivity index is 1.39. The van der Waals surface area contributed by atoms with Gasteiger partial charge in [0.05, 0.1) is 35.6 Å². The SMILES string of the molecule is CC(=O)OC1C(=O)[C@@]2(C)[C@H]([C@H](OC(=O)c3ccccc3)[C@]3(C)C[C@H](OC(=O)[C@H](O)[C@@H](NC(=O)c4ccccc4)c4ccccc4)C(C)=C1C3(C)C)C1(OC(C)=O)COC1C[C@@H]2O. The topological polar surface area (TPSA) is 201 Å². The fourth-order valence-corrected chi connectivity index (χ4v) is 10.5. The van der Waals surface area contributed by atoms with Crippen LogP contribution in [0.1, 0.15) is 93.6 Å². The maximum atomic E-state index is 15.6. The van der Waals surface area contributed by atoms with Crippen LogP contribution < -0.4 is 5.32 Å². The number of fused-ring (bicyclic) bond motifs is 5. The van der Waals surface area contributed by atoms with Crippen molar-refractivity contribution in [1.29, 1.82) is 0 Å². The van der Waals surface area contributed by atoms with Crippen molar-refractivity contribution >= 4 is 35.6 Å². The molecule has 3 fully saturated rings. The molecule has 1 aliphatic heterocycles. The molecule has 2 bridgehead atoms. The molecule has 3 unspecified atom stereocenters. The minimum atomic E-state index is -1.95. The molecular formula is C48H53NO13. The molecule has 0 radical (unpaired) electrons. The number of Topliss-reactive ketones (excluding diaryl/α,β-unsaturated/α-hetero) is 1. The lowest BCUT2D eigenvalue weighted by molar-refractivity contribution is -0.340. The van der Waals surface area contributed by atoms with Gasteiger partial charge < -0.3 is 39.2 Å². The standard InChI is InChI=1S/C48H53NO13/c1-26-32(60-44(57)37(53)36(29-17-11-8-12-18-29)49-42(55)30-19-13-9-14-20-30)24-46(6)41(61-43(56)31-21-15-10-16-22-31)39-47(7,33(52)23-34-48(39,25-58-34)62-28(3)51)40(54)38(59-27(2)50)35(26)45(46,4)5/h8-22,32-34,36-39,41,52-53H,23-25H2,1-7H3,(H,49,55)/t32-,33-,34?,36-,37+,38?,39-,41-,46-,47+,48?/m0/s1. The first-order valence-corrected chi connectivity index (χ1v) is 20.7. The van der Waals surface area contributed by atoms with Gasteiger partial charge in [-0.25, -0.2) is 9.59 Å². The monoisotopic (exact) mass is 851 g/mol. The van der Waals surface area contributed by atoms with Crippen LogP contribution in [0, 0.1) is 22.2 Å². The van der Waals surface area contributed by atoms with Crippen LogP contribution in [-0.4, -0.2) is 94.6 Å². The third kappa shape index (κ3) is 7.31. The second-order valence-corrected chi connectivity index (χ2v) is 17.8. The molecule has 3 aromatic carbocycles. The highest BCUT2D eigenvalue weighted by molar-refractivity contribution is 5.96. The molecule has 328 valence electrons. The van der Waals surface area contributed by atoms with Gasteiger partial charge in [-0.15, -0.1) is 0 Å². The molecule has 14 nitrogen and oxygen atoms in total. The number of benzene rings is 3. The van der Waals surface area contributed by atoms with Crippen LogP contribution in [0.15, 0.2) is 102 Å². The minimum absolute atomic E-state index is 0.0990. The maximum Gasteiger partial charge on any atom is 0.338 e. The fourth-order valence-electron chi connectivity index (χ4n) is 10.5. The van der Waals surface area contributed by atoms with E-state index in [2.05, 4.69) is 5.32 Å².